The molecule has 54 valence electrons. The van der Waals surface area contributed by atoms with Crippen LogP contribution in [-0.2, 0) is 0 Å². The van der Waals surface area contributed by atoms with Gasteiger partial charge in [0.2, 0.25) is 0 Å². The van der Waals surface area contributed by atoms with Crippen molar-refractivity contribution in [3.63, 3.8) is 0 Å². The number of fused-ring (bicyclic) bond motifs is 1. The summed E-state index contributed by atoms with van der Waals surface area (Å²) < 4.78 is 0.595. The molecule has 2 aromatic rings. The summed E-state index contributed by atoms with van der Waals surface area (Å²) in [7, 11) is 0. The van der Waals surface area contributed by atoms with Gasteiger partial charge in [0.05, 0.1) is 11.7 Å². The fourth-order valence-electron chi connectivity index (χ4n) is 0.846. The number of hydrogen-bond acceptors (Lipinski definition) is 3. The maximum atomic E-state index is 4.12. The van der Waals surface area contributed by atoms with Crippen LogP contribution >= 0.6 is 15.9 Å². The molecule has 0 aliphatic carbocycles. The maximum absolute atomic E-state index is 4.12. The Balaban J connectivity index is 2.83. The lowest BCUT2D eigenvalue weighted by Gasteiger charge is -1.93. The van der Waals surface area contributed by atoms with Crippen molar-refractivity contribution in [3.05, 3.63) is 29.3 Å². The number of hydrogen-bond donors (Lipinski definition) is 0. The quantitative estimate of drug-likeness (QED) is 0.622. The van der Waals surface area contributed by atoms with Crippen LogP contribution in [0, 0.1) is 0 Å². The van der Waals surface area contributed by atoms with Gasteiger partial charge in [-0.25, -0.2) is 9.97 Å². The molecule has 0 N–H and O–H groups in total. The van der Waals surface area contributed by atoms with Crippen LogP contribution in [-0.4, -0.2) is 15.0 Å². The van der Waals surface area contributed by atoms with Gasteiger partial charge in [0.1, 0.15) is 5.52 Å². The van der Waals surface area contributed by atoms with Crippen LogP contribution in [0.1, 0.15) is 0 Å². The molecule has 0 aromatic carbocycles. The summed E-state index contributed by atoms with van der Waals surface area (Å²) >= 11 is 3.18. The van der Waals surface area contributed by atoms with Gasteiger partial charge in [0, 0.05) is 6.20 Å². The summed E-state index contributed by atoms with van der Waals surface area (Å²) in [5.41, 5.74) is 1.67. The second-order valence-electron chi connectivity index (χ2n) is 2.05. The third-order valence-corrected chi connectivity index (χ3v) is 1.70. The molecule has 0 spiro atoms. The monoisotopic (exact) mass is 209 g/mol. The lowest BCUT2D eigenvalue weighted by atomic mass is 10.4. The van der Waals surface area contributed by atoms with E-state index in [0.717, 1.165) is 11.0 Å². The Kier molecular flexibility index (Phi) is 1.54. The first-order valence-corrected chi connectivity index (χ1v) is 3.89. The molecular weight excluding hydrogens is 206 g/mol. The Bertz CT molecular complexity index is 388. The molecule has 2 rings (SSSR count). The normalized spacial score (nSPS) is 10.3. The van der Waals surface area contributed by atoms with Gasteiger partial charge in [-0.05, 0) is 28.1 Å². The molecule has 0 radical (unpaired) electrons. The third-order valence-electron chi connectivity index (χ3n) is 1.32. The molecule has 2 aromatic heterocycles. The van der Waals surface area contributed by atoms with Gasteiger partial charge in [0.25, 0.3) is 0 Å². The first-order chi connectivity index (χ1) is 5.36. The molecule has 3 nitrogen and oxygen atoms in total. The summed E-state index contributed by atoms with van der Waals surface area (Å²) in [6.45, 7) is 0. The predicted octanol–water partition coefficient (Wildman–Crippen LogP) is 1.79. The zero-order valence-electron chi connectivity index (χ0n) is 5.53. The van der Waals surface area contributed by atoms with Gasteiger partial charge in [-0.1, -0.05) is 0 Å². The Morgan fingerprint density at radius 1 is 1.18 bits per heavy atom. The van der Waals surface area contributed by atoms with Gasteiger partial charge in [-0.3, -0.25) is 4.98 Å². The van der Waals surface area contributed by atoms with Gasteiger partial charge in [0.15, 0.2) is 4.73 Å². The van der Waals surface area contributed by atoms with Crippen LogP contribution < -0.4 is 0 Å². The average Bonchev–Trinajstić information content (AvgIpc) is 2.04. The zero-order valence-corrected chi connectivity index (χ0v) is 7.12. The van der Waals surface area contributed by atoms with Gasteiger partial charge in [-0.2, -0.15) is 0 Å². The Morgan fingerprint density at radius 3 is 3.00 bits per heavy atom. The maximum Gasteiger partial charge on any atom is 0.197 e. The summed E-state index contributed by atoms with van der Waals surface area (Å²) in [5, 5.41) is 0. The van der Waals surface area contributed by atoms with Gasteiger partial charge < -0.3 is 0 Å². The van der Waals surface area contributed by atoms with Crippen molar-refractivity contribution in [2.45, 2.75) is 0 Å². The Morgan fingerprint density at radius 2 is 2.09 bits per heavy atom. The number of aromatic nitrogens is 3. The molecule has 0 fully saturated rings. The molecule has 0 atom stereocenters. The van der Waals surface area contributed by atoms with E-state index < -0.39 is 0 Å². The highest BCUT2D eigenvalue weighted by molar-refractivity contribution is 9.10. The van der Waals surface area contributed by atoms with Crippen molar-refractivity contribution in [2.24, 2.45) is 0 Å². The number of rotatable bonds is 0. The third kappa shape index (κ3) is 1.21. The van der Waals surface area contributed by atoms with E-state index in [1.165, 1.54) is 0 Å². The van der Waals surface area contributed by atoms with E-state index in [0.29, 0.717) is 4.73 Å². The summed E-state index contributed by atoms with van der Waals surface area (Å²) in [6.07, 6.45) is 3.41. The van der Waals surface area contributed by atoms with E-state index in [2.05, 4.69) is 30.9 Å². The van der Waals surface area contributed by atoms with Crippen LogP contribution in [0.4, 0.5) is 0 Å². The van der Waals surface area contributed by atoms with Crippen molar-refractivity contribution in [1.29, 1.82) is 0 Å². The molecule has 2 heterocycles. The molecule has 0 saturated heterocycles. The molecule has 0 unspecified atom stereocenters. The molecule has 0 saturated carbocycles. The number of halogens is 1. The SMILES string of the molecule is Brc1ncc2ncccc2n1. The minimum Gasteiger partial charge on any atom is -0.253 e. The molecule has 0 amide bonds. The topological polar surface area (TPSA) is 38.7 Å². The van der Waals surface area contributed by atoms with Crippen LogP contribution in [0.3, 0.4) is 0 Å². The van der Waals surface area contributed by atoms with Gasteiger partial charge in [-0.15, -0.1) is 0 Å². The van der Waals surface area contributed by atoms with Crippen LogP contribution in [0.25, 0.3) is 11.0 Å². The van der Waals surface area contributed by atoms with E-state index in [9.17, 15) is 0 Å². The van der Waals surface area contributed by atoms with Crippen molar-refractivity contribution in [2.75, 3.05) is 0 Å². The number of nitrogens with zero attached hydrogens (tertiary/aromatic N) is 3. The lowest BCUT2D eigenvalue weighted by Crippen LogP contribution is -1.85. The minimum atomic E-state index is 0.595. The summed E-state index contributed by atoms with van der Waals surface area (Å²) in [5.74, 6) is 0. The van der Waals surface area contributed by atoms with Crippen LogP contribution in [0.2, 0.25) is 0 Å². The fraction of sp³-hybridized carbons (Fsp3) is 0. The van der Waals surface area contributed by atoms with E-state index in [-0.39, 0.29) is 0 Å². The molecule has 4 heteroatoms. The highest BCUT2D eigenvalue weighted by Crippen LogP contribution is 2.08. The zero-order chi connectivity index (χ0) is 7.68. The van der Waals surface area contributed by atoms with Crippen molar-refractivity contribution in [3.8, 4) is 0 Å². The van der Waals surface area contributed by atoms with Gasteiger partial charge >= 0.3 is 0 Å². The Labute approximate surface area is 71.6 Å². The van der Waals surface area contributed by atoms with Crippen molar-refractivity contribution < 1.29 is 0 Å². The molecule has 0 aliphatic heterocycles. The average molecular weight is 210 g/mol. The highest BCUT2D eigenvalue weighted by atomic mass is 79.9. The second kappa shape index (κ2) is 2.54. The van der Waals surface area contributed by atoms with E-state index >= 15 is 0 Å². The van der Waals surface area contributed by atoms with E-state index in [1.807, 2.05) is 12.1 Å². The summed E-state index contributed by atoms with van der Waals surface area (Å²) in [4.78, 5) is 12.1. The van der Waals surface area contributed by atoms with E-state index in [1.54, 1.807) is 12.4 Å². The first-order valence-electron chi connectivity index (χ1n) is 3.09. The number of pyridine rings is 1. The van der Waals surface area contributed by atoms with Crippen LogP contribution in [0.15, 0.2) is 29.3 Å². The Hall–Kier alpha value is -1.03. The second-order valence-corrected chi connectivity index (χ2v) is 2.76. The largest absolute Gasteiger partial charge is 0.253 e. The van der Waals surface area contributed by atoms with Crippen molar-refractivity contribution >= 4 is 27.0 Å². The fourth-order valence-corrected chi connectivity index (χ4v) is 1.14. The predicted molar refractivity (Wildman–Crippen MR) is 45.0 cm³/mol. The summed E-state index contributed by atoms with van der Waals surface area (Å²) in [6, 6.07) is 3.75. The lowest BCUT2D eigenvalue weighted by molar-refractivity contribution is 1.14. The molecular formula is C7H4BrN3. The highest BCUT2D eigenvalue weighted by Gasteiger charge is 1.94. The molecule has 0 bridgehead atoms. The van der Waals surface area contributed by atoms with Crippen LogP contribution in [0.5, 0.6) is 0 Å². The smallest absolute Gasteiger partial charge is 0.197 e. The van der Waals surface area contributed by atoms with Crippen molar-refractivity contribution in [1.82, 2.24) is 15.0 Å². The molecule has 0 aliphatic rings. The van der Waals surface area contributed by atoms with E-state index in [4.69, 9.17) is 0 Å². The standard InChI is InChI=1S/C7H4BrN3/c8-7-10-4-6-5(11-7)2-1-3-9-6/h1-4H. The first kappa shape index (κ1) is 6.67. The minimum absolute atomic E-state index is 0.595. The molecule has 11 heavy (non-hydrogen) atoms.